The third-order valence-electron chi connectivity index (χ3n) is 2.32. The average molecular weight is 326 g/mol. The summed E-state index contributed by atoms with van der Waals surface area (Å²) in [6.07, 6.45) is 0. The molecule has 0 amide bonds. The van der Waals surface area contributed by atoms with E-state index >= 15 is 0 Å². The number of sulfone groups is 1. The van der Waals surface area contributed by atoms with E-state index in [1.165, 1.54) is 4.88 Å². The van der Waals surface area contributed by atoms with Crippen LogP contribution in [0.2, 0.25) is 0 Å². The molecule has 1 aromatic rings. The Balaban J connectivity index is 2.39. The van der Waals surface area contributed by atoms with Crippen LogP contribution in [0.3, 0.4) is 0 Å². The Morgan fingerprint density at radius 1 is 1.50 bits per heavy atom. The summed E-state index contributed by atoms with van der Waals surface area (Å²) in [4.78, 5) is 1.21. The summed E-state index contributed by atoms with van der Waals surface area (Å²) in [5.74, 6) is 0.425. The fourth-order valence-corrected chi connectivity index (χ4v) is 3.40. The summed E-state index contributed by atoms with van der Waals surface area (Å²) in [6, 6.07) is 4.24. The maximum absolute atomic E-state index is 11.3. The van der Waals surface area contributed by atoms with Crippen LogP contribution in [-0.4, -0.2) is 26.5 Å². The molecule has 1 aromatic heterocycles. The maximum Gasteiger partial charge on any atom is 0.151 e. The molecule has 0 aliphatic heterocycles. The zero-order valence-electron chi connectivity index (χ0n) is 9.36. The summed E-state index contributed by atoms with van der Waals surface area (Å²) >= 11 is 5.07. The van der Waals surface area contributed by atoms with Crippen LogP contribution in [0.15, 0.2) is 15.9 Å². The summed E-state index contributed by atoms with van der Waals surface area (Å²) in [6.45, 7) is 4.22. The minimum atomic E-state index is -2.86. The smallest absolute Gasteiger partial charge is 0.151 e. The topological polar surface area (TPSA) is 46.2 Å². The van der Waals surface area contributed by atoms with Gasteiger partial charge in [0.2, 0.25) is 0 Å². The molecule has 1 rings (SSSR count). The highest BCUT2D eigenvalue weighted by atomic mass is 79.9. The van der Waals surface area contributed by atoms with Crippen LogP contribution in [0.4, 0.5) is 0 Å². The molecule has 0 radical (unpaired) electrons. The molecule has 0 saturated carbocycles. The molecular formula is C10H16BrNO2S2. The Morgan fingerprint density at radius 2 is 2.19 bits per heavy atom. The molecule has 0 aliphatic carbocycles. The molecule has 1 atom stereocenters. The van der Waals surface area contributed by atoms with Crippen LogP contribution in [0, 0.1) is 0 Å². The van der Waals surface area contributed by atoms with E-state index in [1.807, 2.05) is 19.1 Å². The highest BCUT2D eigenvalue weighted by molar-refractivity contribution is 9.11. The van der Waals surface area contributed by atoms with E-state index < -0.39 is 9.84 Å². The number of hydrogen-bond acceptors (Lipinski definition) is 4. The van der Waals surface area contributed by atoms with Crippen molar-refractivity contribution in [2.45, 2.75) is 19.9 Å². The van der Waals surface area contributed by atoms with Gasteiger partial charge in [0.1, 0.15) is 0 Å². The van der Waals surface area contributed by atoms with Gasteiger partial charge in [-0.3, -0.25) is 0 Å². The lowest BCUT2D eigenvalue weighted by Crippen LogP contribution is -2.25. The molecule has 0 saturated heterocycles. The zero-order chi connectivity index (χ0) is 12.2. The Bertz CT molecular complexity index is 428. The number of nitrogens with one attached hydrogen (secondary N) is 1. The van der Waals surface area contributed by atoms with Gasteiger partial charge in [0, 0.05) is 23.2 Å². The first-order chi connectivity index (χ1) is 7.44. The second-order valence-electron chi connectivity index (χ2n) is 3.55. The average Bonchev–Trinajstić information content (AvgIpc) is 2.64. The molecule has 6 heteroatoms. The molecule has 1 N–H and O–H groups in total. The third-order valence-corrected chi connectivity index (χ3v) is 5.84. The summed E-state index contributed by atoms with van der Waals surface area (Å²) in [7, 11) is -2.86. The predicted molar refractivity (Wildman–Crippen MR) is 72.8 cm³/mol. The molecule has 1 unspecified atom stereocenters. The molecule has 0 aliphatic rings. The highest BCUT2D eigenvalue weighted by Gasteiger charge is 2.10. The van der Waals surface area contributed by atoms with Crippen LogP contribution in [0.5, 0.6) is 0 Å². The van der Waals surface area contributed by atoms with Crippen molar-refractivity contribution in [3.8, 4) is 0 Å². The minimum Gasteiger partial charge on any atom is -0.308 e. The van der Waals surface area contributed by atoms with E-state index in [0.29, 0.717) is 6.54 Å². The van der Waals surface area contributed by atoms with Gasteiger partial charge in [0.25, 0.3) is 0 Å². The van der Waals surface area contributed by atoms with Crippen LogP contribution < -0.4 is 5.32 Å². The summed E-state index contributed by atoms with van der Waals surface area (Å²) in [5.41, 5.74) is 0. The molecule has 16 heavy (non-hydrogen) atoms. The van der Waals surface area contributed by atoms with Crippen LogP contribution in [0.25, 0.3) is 0 Å². The molecule has 0 bridgehead atoms. The summed E-state index contributed by atoms with van der Waals surface area (Å²) in [5, 5.41) is 3.21. The lowest BCUT2D eigenvalue weighted by atomic mass is 10.3. The van der Waals surface area contributed by atoms with Gasteiger partial charge < -0.3 is 5.32 Å². The standard InChI is InChI=1S/C10H16BrNO2S2/c1-3-16(13,14)7-6-12-8(2)9-4-5-10(11)15-9/h4-5,8,12H,3,6-7H2,1-2H3. The maximum atomic E-state index is 11.3. The van der Waals surface area contributed by atoms with Crippen molar-refractivity contribution < 1.29 is 8.42 Å². The van der Waals surface area contributed by atoms with Crippen molar-refractivity contribution in [1.82, 2.24) is 5.32 Å². The van der Waals surface area contributed by atoms with E-state index in [-0.39, 0.29) is 17.5 Å². The van der Waals surface area contributed by atoms with Gasteiger partial charge in [-0.05, 0) is 35.0 Å². The van der Waals surface area contributed by atoms with E-state index in [2.05, 4.69) is 21.2 Å². The monoisotopic (exact) mass is 325 g/mol. The SMILES string of the molecule is CCS(=O)(=O)CCNC(C)c1ccc(Br)s1. The van der Waals surface area contributed by atoms with Gasteiger partial charge in [-0.15, -0.1) is 11.3 Å². The Kier molecular flexibility index (Phi) is 5.43. The normalized spacial score (nSPS) is 13.9. The molecule has 92 valence electrons. The predicted octanol–water partition coefficient (Wildman–Crippen LogP) is 2.60. The highest BCUT2D eigenvalue weighted by Crippen LogP contribution is 2.26. The van der Waals surface area contributed by atoms with Gasteiger partial charge in [-0.25, -0.2) is 8.42 Å². The largest absolute Gasteiger partial charge is 0.308 e. The van der Waals surface area contributed by atoms with Crippen molar-refractivity contribution in [2.75, 3.05) is 18.1 Å². The van der Waals surface area contributed by atoms with E-state index in [9.17, 15) is 8.42 Å². The van der Waals surface area contributed by atoms with E-state index in [1.54, 1.807) is 18.3 Å². The van der Waals surface area contributed by atoms with Gasteiger partial charge in [0.15, 0.2) is 9.84 Å². The quantitative estimate of drug-likeness (QED) is 0.874. The van der Waals surface area contributed by atoms with E-state index in [0.717, 1.165) is 3.79 Å². The Hall–Kier alpha value is 0.0900. The first-order valence-electron chi connectivity index (χ1n) is 5.13. The Morgan fingerprint density at radius 3 is 2.69 bits per heavy atom. The van der Waals surface area contributed by atoms with Crippen molar-refractivity contribution in [2.24, 2.45) is 0 Å². The molecule has 0 aromatic carbocycles. The fraction of sp³-hybridized carbons (Fsp3) is 0.600. The van der Waals surface area contributed by atoms with Gasteiger partial charge >= 0.3 is 0 Å². The lowest BCUT2D eigenvalue weighted by molar-refractivity contribution is 0.576. The van der Waals surface area contributed by atoms with Crippen molar-refractivity contribution in [1.29, 1.82) is 0 Å². The second-order valence-corrected chi connectivity index (χ2v) is 8.52. The van der Waals surface area contributed by atoms with Gasteiger partial charge in [-0.2, -0.15) is 0 Å². The number of thiophene rings is 1. The van der Waals surface area contributed by atoms with Crippen molar-refractivity contribution >= 4 is 37.1 Å². The van der Waals surface area contributed by atoms with Crippen molar-refractivity contribution in [3.63, 3.8) is 0 Å². The van der Waals surface area contributed by atoms with E-state index in [4.69, 9.17) is 0 Å². The first-order valence-corrected chi connectivity index (χ1v) is 8.56. The lowest BCUT2D eigenvalue weighted by Gasteiger charge is -2.11. The first kappa shape index (κ1) is 14.2. The molecule has 0 spiro atoms. The molecular weight excluding hydrogens is 310 g/mol. The van der Waals surface area contributed by atoms with Crippen LogP contribution in [0.1, 0.15) is 24.8 Å². The zero-order valence-corrected chi connectivity index (χ0v) is 12.6. The van der Waals surface area contributed by atoms with Gasteiger partial charge in [-0.1, -0.05) is 6.92 Å². The molecule has 0 fully saturated rings. The van der Waals surface area contributed by atoms with Crippen molar-refractivity contribution in [3.05, 3.63) is 20.8 Å². The van der Waals surface area contributed by atoms with Crippen LogP contribution in [-0.2, 0) is 9.84 Å². The second kappa shape index (κ2) is 6.14. The van der Waals surface area contributed by atoms with Crippen LogP contribution >= 0.6 is 27.3 Å². The summed E-state index contributed by atoms with van der Waals surface area (Å²) < 4.78 is 23.6. The third kappa shape index (κ3) is 4.53. The number of halogens is 1. The minimum absolute atomic E-state index is 0.198. The molecule has 3 nitrogen and oxygen atoms in total. The molecule has 1 heterocycles. The number of rotatable bonds is 6. The number of hydrogen-bond donors (Lipinski definition) is 1. The Labute approximate surface area is 109 Å². The fourth-order valence-electron chi connectivity index (χ4n) is 1.24. The van der Waals surface area contributed by atoms with Gasteiger partial charge in [0.05, 0.1) is 9.54 Å².